The monoisotopic (exact) mass is 142 g/mol. The molecular weight excluding hydrogens is 132 g/mol. The third-order valence-electron chi connectivity index (χ3n) is 1.65. The Morgan fingerprint density at radius 2 is 1.90 bits per heavy atom. The van der Waals surface area contributed by atoms with Gasteiger partial charge in [-0.15, -0.1) is 0 Å². The highest BCUT2D eigenvalue weighted by Crippen LogP contribution is 2.04. The highest BCUT2D eigenvalue weighted by atomic mass is 16.2. The number of hydrogen-bond acceptors (Lipinski definition) is 2. The van der Waals surface area contributed by atoms with Gasteiger partial charge in [-0.3, -0.25) is 9.69 Å². The Morgan fingerprint density at radius 1 is 1.30 bits per heavy atom. The minimum absolute atomic E-state index is 0.0944. The number of carbonyl (C=O) groups excluding carboxylic acids is 2. The van der Waals surface area contributed by atoms with Crippen molar-refractivity contribution in [1.82, 2.24) is 9.80 Å². The first-order valence-electron chi connectivity index (χ1n) is 3.14. The van der Waals surface area contributed by atoms with Gasteiger partial charge in [0.1, 0.15) is 0 Å². The molecule has 0 bridgehead atoms. The van der Waals surface area contributed by atoms with Gasteiger partial charge in [0.25, 0.3) is 0 Å². The van der Waals surface area contributed by atoms with Crippen LogP contribution in [0.4, 0.5) is 4.79 Å². The van der Waals surface area contributed by atoms with Gasteiger partial charge in [0.2, 0.25) is 5.91 Å². The Kier molecular flexibility index (Phi) is 1.61. The van der Waals surface area contributed by atoms with Gasteiger partial charge in [-0.2, -0.15) is 0 Å². The maximum absolute atomic E-state index is 11.0. The smallest absolute Gasteiger partial charge is 0.326 e. The van der Waals surface area contributed by atoms with Crippen LogP contribution >= 0.6 is 0 Å². The van der Waals surface area contributed by atoms with Crippen molar-refractivity contribution in [3.63, 3.8) is 0 Å². The van der Waals surface area contributed by atoms with Gasteiger partial charge < -0.3 is 4.90 Å². The third-order valence-corrected chi connectivity index (χ3v) is 1.65. The summed E-state index contributed by atoms with van der Waals surface area (Å²) in [5, 5.41) is 0. The van der Waals surface area contributed by atoms with E-state index in [9.17, 15) is 9.59 Å². The van der Waals surface area contributed by atoms with E-state index >= 15 is 0 Å². The van der Waals surface area contributed by atoms with Gasteiger partial charge in [0, 0.05) is 27.1 Å². The number of imide groups is 1. The lowest BCUT2D eigenvalue weighted by molar-refractivity contribution is -0.129. The van der Waals surface area contributed by atoms with Gasteiger partial charge in [-0.1, -0.05) is 0 Å². The zero-order chi connectivity index (χ0) is 7.72. The minimum atomic E-state index is -0.212. The number of hydrogen-bond donors (Lipinski definition) is 0. The molecule has 0 aliphatic carbocycles. The normalized spacial score (nSPS) is 20.2. The molecule has 1 heterocycles. The Hall–Kier alpha value is -1.06. The molecule has 0 aromatic rings. The second kappa shape index (κ2) is 2.28. The average molecular weight is 142 g/mol. The number of rotatable bonds is 0. The van der Waals surface area contributed by atoms with E-state index in [1.54, 1.807) is 7.05 Å². The lowest BCUT2D eigenvalue weighted by Crippen LogP contribution is -2.48. The SMILES string of the molecule is CN1CCC(=O)N(C)C1=O. The van der Waals surface area contributed by atoms with Gasteiger partial charge in [0.05, 0.1) is 0 Å². The molecule has 0 unspecified atom stereocenters. The molecule has 1 saturated heterocycles. The first-order valence-corrected chi connectivity index (χ1v) is 3.14. The first-order chi connectivity index (χ1) is 4.63. The Bertz CT molecular complexity index is 179. The molecule has 0 aromatic heterocycles. The Labute approximate surface area is 59.4 Å². The van der Waals surface area contributed by atoms with Crippen LogP contribution < -0.4 is 0 Å². The summed E-state index contributed by atoms with van der Waals surface area (Å²) in [5.74, 6) is -0.0944. The summed E-state index contributed by atoms with van der Waals surface area (Å²) >= 11 is 0. The summed E-state index contributed by atoms with van der Waals surface area (Å²) in [4.78, 5) is 24.5. The van der Waals surface area contributed by atoms with Crippen molar-refractivity contribution < 1.29 is 9.59 Å². The summed E-state index contributed by atoms with van der Waals surface area (Å²) in [5.41, 5.74) is 0. The van der Waals surface area contributed by atoms with E-state index in [2.05, 4.69) is 0 Å². The van der Waals surface area contributed by atoms with Crippen LogP contribution in [0.1, 0.15) is 6.42 Å². The van der Waals surface area contributed by atoms with E-state index in [1.165, 1.54) is 11.9 Å². The van der Waals surface area contributed by atoms with E-state index in [-0.39, 0.29) is 11.9 Å². The molecule has 0 spiro atoms. The van der Waals surface area contributed by atoms with E-state index in [0.29, 0.717) is 13.0 Å². The maximum Gasteiger partial charge on any atom is 0.326 e. The molecule has 0 N–H and O–H groups in total. The van der Waals surface area contributed by atoms with E-state index < -0.39 is 0 Å². The van der Waals surface area contributed by atoms with Crippen LogP contribution in [0.3, 0.4) is 0 Å². The fourth-order valence-corrected chi connectivity index (χ4v) is 0.889. The van der Waals surface area contributed by atoms with Gasteiger partial charge in [-0.25, -0.2) is 4.79 Å². The van der Waals surface area contributed by atoms with Crippen molar-refractivity contribution in [3.05, 3.63) is 0 Å². The van der Waals surface area contributed by atoms with Crippen molar-refractivity contribution in [1.29, 1.82) is 0 Å². The quantitative estimate of drug-likeness (QED) is 0.474. The topological polar surface area (TPSA) is 40.6 Å². The molecule has 0 atom stereocenters. The second-order valence-electron chi connectivity index (χ2n) is 2.41. The van der Waals surface area contributed by atoms with Crippen LogP contribution in [0.2, 0.25) is 0 Å². The summed E-state index contributed by atoms with van der Waals surface area (Å²) in [7, 11) is 3.19. The van der Waals surface area contributed by atoms with Crippen molar-refractivity contribution in [2.75, 3.05) is 20.6 Å². The fourth-order valence-electron chi connectivity index (χ4n) is 0.889. The molecule has 0 aromatic carbocycles. The summed E-state index contributed by atoms with van der Waals surface area (Å²) in [6, 6.07) is -0.212. The van der Waals surface area contributed by atoms with Crippen LogP contribution in [0.15, 0.2) is 0 Å². The summed E-state index contributed by atoms with van der Waals surface area (Å²) < 4.78 is 0. The number of amides is 3. The molecule has 0 radical (unpaired) electrons. The van der Waals surface area contributed by atoms with Crippen molar-refractivity contribution in [2.45, 2.75) is 6.42 Å². The van der Waals surface area contributed by atoms with Crippen molar-refractivity contribution >= 4 is 11.9 Å². The molecule has 1 fully saturated rings. The van der Waals surface area contributed by atoms with E-state index in [4.69, 9.17) is 0 Å². The van der Waals surface area contributed by atoms with Crippen LogP contribution in [0, 0.1) is 0 Å². The molecule has 3 amide bonds. The Morgan fingerprint density at radius 3 is 2.40 bits per heavy atom. The van der Waals surface area contributed by atoms with Crippen molar-refractivity contribution in [2.24, 2.45) is 0 Å². The van der Waals surface area contributed by atoms with Gasteiger partial charge in [-0.05, 0) is 0 Å². The molecule has 4 nitrogen and oxygen atoms in total. The minimum Gasteiger partial charge on any atom is -0.327 e. The zero-order valence-electron chi connectivity index (χ0n) is 6.13. The zero-order valence-corrected chi connectivity index (χ0v) is 6.13. The highest BCUT2D eigenvalue weighted by molar-refractivity contribution is 5.96. The Balaban J connectivity index is 2.70. The standard InChI is InChI=1S/C6H10N2O2/c1-7-4-3-5(9)8(2)6(7)10/h3-4H2,1-2H3. The third kappa shape index (κ3) is 0.964. The van der Waals surface area contributed by atoms with E-state index in [0.717, 1.165) is 4.90 Å². The molecule has 0 saturated carbocycles. The largest absolute Gasteiger partial charge is 0.327 e. The molecule has 56 valence electrons. The van der Waals surface area contributed by atoms with Crippen molar-refractivity contribution in [3.8, 4) is 0 Å². The van der Waals surface area contributed by atoms with E-state index in [1.807, 2.05) is 0 Å². The second-order valence-corrected chi connectivity index (χ2v) is 2.41. The number of nitrogens with zero attached hydrogens (tertiary/aromatic N) is 2. The lowest BCUT2D eigenvalue weighted by atomic mass is 10.3. The summed E-state index contributed by atoms with van der Waals surface area (Å²) in [6.07, 6.45) is 0.443. The van der Waals surface area contributed by atoms with Crippen LogP contribution in [0.5, 0.6) is 0 Å². The van der Waals surface area contributed by atoms with Crippen LogP contribution in [0.25, 0.3) is 0 Å². The number of urea groups is 1. The predicted octanol–water partition coefficient (Wildman–Crippen LogP) is -0.0997. The molecule has 4 heteroatoms. The molecule has 10 heavy (non-hydrogen) atoms. The fraction of sp³-hybridized carbons (Fsp3) is 0.667. The maximum atomic E-state index is 11.0. The predicted molar refractivity (Wildman–Crippen MR) is 35.4 cm³/mol. The molecular formula is C6H10N2O2. The van der Waals surface area contributed by atoms with Gasteiger partial charge in [0.15, 0.2) is 0 Å². The summed E-state index contributed by atoms with van der Waals surface area (Å²) in [6.45, 7) is 0.544. The molecule has 1 rings (SSSR count). The molecule has 1 aliphatic heterocycles. The van der Waals surface area contributed by atoms with Crippen LogP contribution in [-0.2, 0) is 4.79 Å². The highest BCUT2D eigenvalue weighted by Gasteiger charge is 2.25. The van der Waals surface area contributed by atoms with Gasteiger partial charge >= 0.3 is 6.03 Å². The first kappa shape index (κ1) is 7.05. The lowest BCUT2D eigenvalue weighted by Gasteiger charge is -2.28. The average Bonchev–Trinajstić information content (AvgIpc) is 1.93. The molecule has 1 aliphatic rings. The van der Waals surface area contributed by atoms with Crippen LogP contribution in [-0.4, -0.2) is 42.4 Å². The number of carbonyl (C=O) groups is 2.